The minimum atomic E-state index is -0.459. The van der Waals surface area contributed by atoms with Crippen molar-refractivity contribution in [2.75, 3.05) is 24.0 Å². The molecule has 2 N–H and O–H groups in total. The molecule has 0 saturated carbocycles. The maximum absolute atomic E-state index is 12.8. The fraction of sp³-hybridized carbons (Fsp3) is 0.286. The summed E-state index contributed by atoms with van der Waals surface area (Å²) in [5.41, 5.74) is 1.49. The zero-order chi connectivity index (χ0) is 20.4. The molecule has 0 bridgehead atoms. The number of carbonyl (C=O) groups is 3. The van der Waals surface area contributed by atoms with Crippen molar-refractivity contribution in [3.63, 3.8) is 0 Å². The molecule has 0 aromatic heterocycles. The summed E-state index contributed by atoms with van der Waals surface area (Å²) in [5.74, 6) is 0.0698. The number of anilines is 2. The van der Waals surface area contributed by atoms with Crippen LogP contribution in [0.1, 0.15) is 40.5 Å². The van der Waals surface area contributed by atoms with Gasteiger partial charge in [0.2, 0.25) is 6.79 Å². The van der Waals surface area contributed by atoms with Gasteiger partial charge in [0.15, 0.2) is 17.3 Å². The first-order chi connectivity index (χ1) is 14.0. The first-order valence-corrected chi connectivity index (χ1v) is 9.30. The average Bonchev–Trinajstić information content (AvgIpc) is 3.39. The maximum Gasteiger partial charge on any atom is 0.255 e. The smallest absolute Gasteiger partial charge is 0.255 e. The number of amides is 2. The lowest BCUT2D eigenvalue weighted by Gasteiger charge is -2.13. The number of hydrogen-bond donors (Lipinski definition) is 2. The Morgan fingerprint density at radius 2 is 1.83 bits per heavy atom. The summed E-state index contributed by atoms with van der Waals surface area (Å²) >= 11 is 0. The number of Topliss-reactive ketones (excluding diaryl/α,β-unsaturated/α-hetero) is 1. The predicted octanol–water partition coefficient (Wildman–Crippen LogP) is 2.99. The molecule has 2 heterocycles. The standard InChI is InChI=1S/C21H20N2O6/c1-12(24)15-9-18-19(29-11-28-18)10-16(15)23-20(25)13-4-2-5-14(8-13)22-21(26)17-6-3-7-27-17/h2,4-5,8-10,17H,3,6-7,11H2,1H3,(H,22,26)(H,23,25)/t17-/m0/s1. The van der Waals surface area contributed by atoms with Crippen molar-refractivity contribution < 1.29 is 28.6 Å². The van der Waals surface area contributed by atoms with Gasteiger partial charge in [-0.25, -0.2) is 0 Å². The second-order valence-corrected chi connectivity index (χ2v) is 6.83. The van der Waals surface area contributed by atoms with Crippen LogP contribution in [0, 0.1) is 0 Å². The minimum absolute atomic E-state index is 0.0660. The van der Waals surface area contributed by atoms with E-state index in [-0.39, 0.29) is 18.5 Å². The zero-order valence-corrected chi connectivity index (χ0v) is 15.8. The Labute approximate surface area is 167 Å². The first kappa shape index (κ1) is 18.9. The molecule has 150 valence electrons. The molecule has 1 fully saturated rings. The third kappa shape index (κ3) is 4.07. The molecule has 2 amide bonds. The van der Waals surface area contributed by atoms with Crippen LogP contribution in [0.25, 0.3) is 0 Å². The number of hydrogen-bond acceptors (Lipinski definition) is 6. The lowest BCUT2D eigenvalue weighted by atomic mass is 10.1. The van der Waals surface area contributed by atoms with Crippen molar-refractivity contribution in [1.29, 1.82) is 0 Å². The molecule has 2 aliphatic heterocycles. The van der Waals surface area contributed by atoms with Crippen LogP contribution >= 0.6 is 0 Å². The van der Waals surface area contributed by atoms with Crippen LogP contribution in [-0.2, 0) is 9.53 Å². The summed E-state index contributed by atoms with van der Waals surface area (Å²) in [6.45, 7) is 2.06. The highest BCUT2D eigenvalue weighted by Gasteiger charge is 2.24. The third-order valence-corrected chi connectivity index (χ3v) is 4.75. The highest BCUT2D eigenvalue weighted by molar-refractivity contribution is 6.10. The fourth-order valence-corrected chi connectivity index (χ4v) is 3.28. The van der Waals surface area contributed by atoms with Crippen molar-refractivity contribution in [2.45, 2.75) is 25.9 Å². The van der Waals surface area contributed by atoms with E-state index in [9.17, 15) is 14.4 Å². The second-order valence-electron chi connectivity index (χ2n) is 6.83. The van der Waals surface area contributed by atoms with Crippen LogP contribution < -0.4 is 20.1 Å². The average molecular weight is 396 g/mol. The summed E-state index contributed by atoms with van der Waals surface area (Å²) in [6.07, 6.45) is 1.08. The third-order valence-electron chi connectivity index (χ3n) is 4.75. The highest BCUT2D eigenvalue weighted by Crippen LogP contribution is 2.37. The molecule has 0 aliphatic carbocycles. The largest absolute Gasteiger partial charge is 0.454 e. The number of benzene rings is 2. The molecule has 1 atom stereocenters. The molecule has 2 aromatic rings. The van der Waals surface area contributed by atoms with Gasteiger partial charge in [0.1, 0.15) is 6.10 Å². The highest BCUT2D eigenvalue weighted by atomic mass is 16.7. The van der Waals surface area contributed by atoms with E-state index in [1.165, 1.54) is 6.92 Å². The van der Waals surface area contributed by atoms with Crippen LogP contribution in [0.15, 0.2) is 36.4 Å². The van der Waals surface area contributed by atoms with Gasteiger partial charge in [0, 0.05) is 29.5 Å². The number of rotatable bonds is 5. The SMILES string of the molecule is CC(=O)c1cc2c(cc1NC(=O)c1cccc(NC(=O)[C@@H]3CCCO3)c1)OCO2. The van der Waals surface area contributed by atoms with E-state index in [0.717, 1.165) is 6.42 Å². The fourth-order valence-electron chi connectivity index (χ4n) is 3.28. The lowest BCUT2D eigenvalue weighted by molar-refractivity contribution is -0.124. The van der Waals surface area contributed by atoms with Crippen molar-refractivity contribution in [3.8, 4) is 11.5 Å². The molecule has 2 aromatic carbocycles. The lowest BCUT2D eigenvalue weighted by Crippen LogP contribution is -2.27. The number of ether oxygens (including phenoxy) is 3. The molecular formula is C21H20N2O6. The zero-order valence-electron chi connectivity index (χ0n) is 15.8. The van der Waals surface area contributed by atoms with Crippen molar-refractivity contribution in [1.82, 2.24) is 0 Å². The van der Waals surface area contributed by atoms with Crippen LogP contribution in [0.4, 0.5) is 11.4 Å². The van der Waals surface area contributed by atoms with Gasteiger partial charge in [-0.3, -0.25) is 14.4 Å². The Morgan fingerprint density at radius 3 is 2.55 bits per heavy atom. The monoisotopic (exact) mass is 396 g/mol. The Morgan fingerprint density at radius 1 is 1.03 bits per heavy atom. The van der Waals surface area contributed by atoms with E-state index in [1.807, 2.05) is 0 Å². The Hall–Kier alpha value is -3.39. The van der Waals surface area contributed by atoms with Crippen molar-refractivity contribution in [3.05, 3.63) is 47.5 Å². The molecule has 8 nitrogen and oxygen atoms in total. The summed E-state index contributed by atoms with van der Waals surface area (Å²) in [6, 6.07) is 9.69. The second kappa shape index (κ2) is 7.92. The Balaban J connectivity index is 1.52. The topological polar surface area (TPSA) is 103 Å². The number of nitrogens with one attached hydrogen (secondary N) is 2. The Bertz CT molecular complexity index is 981. The van der Waals surface area contributed by atoms with E-state index in [0.29, 0.717) is 47.0 Å². The van der Waals surface area contributed by atoms with E-state index in [4.69, 9.17) is 14.2 Å². The van der Waals surface area contributed by atoms with Crippen LogP contribution in [0.2, 0.25) is 0 Å². The molecule has 4 rings (SSSR count). The predicted molar refractivity (Wildman–Crippen MR) is 105 cm³/mol. The van der Waals surface area contributed by atoms with Gasteiger partial charge in [0.05, 0.1) is 5.69 Å². The first-order valence-electron chi connectivity index (χ1n) is 9.30. The van der Waals surface area contributed by atoms with Crippen molar-refractivity contribution in [2.24, 2.45) is 0 Å². The number of fused-ring (bicyclic) bond motifs is 1. The normalized spacial score (nSPS) is 17.1. The minimum Gasteiger partial charge on any atom is -0.454 e. The molecular weight excluding hydrogens is 376 g/mol. The quantitative estimate of drug-likeness (QED) is 0.753. The van der Waals surface area contributed by atoms with Crippen molar-refractivity contribution >= 4 is 29.0 Å². The van der Waals surface area contributed by atoms with Crippen LogP contribution in [-0.4, -0.2) is 37.1 Å². The number of ketones is 1. The van der Waals surface area contributed by atoms with Gasteiger partial charge in [-0.2, -0.15) is 0 Å². The van der Waals surface area contributed by atoms with Gasteiger partial charge < -0.3 is 24.8 Å². The van der Waals surface area contributed by atoms with Gasteiger partial charge in [-0.1, -0.05) is 6.07 Å². The molecule has 0 unspecified atom stereocenters. The Kier molecular flexibility index (Phi) is 5.18. The summed E-state index contributed by atoms with van der Waals surface area (Å²) in [7, 11) is 0. The number of carbonyl (C=O) groups excluding carboxylic acids is 3. The summed E-state index contributed by atoms with van der Waals surface area (Å²) in [4.78, 5) is 36.9. The summed E-state index contributed by atoms with van der Waals surface area (Å²) < 4.78 is 16.0. The van der Waals surface area contributed by atoms with Crippen LogP contribution in [0.5, 0.6) is 11.5 Å². The van der Waals surface area contributed by atoms with Gasteiger partial charge in [-0.05, 0) is 44.0 Å². The molecule has 0 spiro atoms. The van der Waals surface area contributed by atoms with E-state index < -0.39 is 12.0 Å². The maximum atomic E-state index is 12.8. The molecule has 0 radical (unpaired) electrons. The van der Waals surface area contributed by atoms with Gasteiger partial charge >= 0.3 is 0 Å². The molecule has 8 heteroatoms. The van der Waals surface area contributed by atoms with Gasteiger partial charge in [0.25, 0.3) is 11.8 Å². The van der Waals surface area contributed by atoms with Crippen LogP contribution in [0.3, 0.4) is 0 Å². The summed E-state index contributed by atoms with van der Waals surface area (Å²) in [5, 5.41) is 5.51. The molecule has 29 heavy (non-hydrogen) atoms. The van der Waals surface area contributed by atoms with E-state index in [1.54, 1.807) is 36.4 Å². The molecule has 2 aliphatic rings. The van der Waals surface area contributed by atoms with E-state index in [2.05, 4.69) is 10.6 Å². The molecule has 1 saturated heterocycles. The van der Waals surface area contributed by atoms with E-state index >= 15 is 0 Å². The van der Waals surface area contributed by atoms with Gasteiger partial charge in [-0.15, -0.1) is 0 Å².